The van der Waals surface area contributed by atoms with Gasteiger partial charge in [0.25, 0.3) is 5.91 Å². The number of imidazole rings is 1. The van der Waals surface area contributed by atoms with Crippen LogP contribution in [0.25, 0.3) is 10.1 Å². The summed E-state index contributed by atoms with van der Waals surface area (Å²) < 4.78 is 3.28. The Hall–Kier alpha value is -2.14. The van der Waals surface area contributed by atoms with Gasteiger partial charge in [-0.15, -0.1) is 11.3 Å². The molecular formula is C16H15N3OS. The lowest BCUT2D eigenvalue weighted by Gasteiger charge is -2.24. The van der Waals surface area contributed by atoms with Crippen LogP contribution in [0.4, 0.5) is 0 Å². The quantitative estimate of drug-likeness (QED) is 0.790. The second-order valence-electron chi connectivity index (χ2n) is 5.35. The molecule has 0 bridgehead atoms. The van der Waals surface area contributed by atoms with E-state index in [4.69, 9.17) is 0 Å². The van der Waals surface area contributed by atoms with E-state index >= 15 is 0 Å². The van der Waals surface area contributed by atoms with Gasteiger partial charge < -0.3 is 9.88 Å². The Balaban J connectivity index is 1.51. The van der Waals surface area contributed by atoms with Crippen molar-refractivity contribution in [3.8, 4) is 0 Å². The molecule has 0 aliphatic carbocycles. The van der Waals surface area contributed by atoms with Gasteiger partial charge in [-0.05, 0) is 23.9 Å². The molecule has 0 unspecified atom stereocenters. The molecule has 1 N–H and O–H groups in total. The highest BCUT2D eigenvalue weighted by Gasteiger charge is 2.21. The van der Waals surface area contributed by atoms with E-state index in [-0.39, 0.29) is 11.9 Å². The minimum absolute atomic E-state index is 0.0322. The summed E-state index contributed by atoms with van der Waals surface area (Å²) >= 11 is 1.55. The largest absolute Gasteiger partial charge is 0.347 e. The molecule has 1 aliphatic heterocycles. The third kappa shape index (κ3) is 2.34. The number of carbonyl (C=O) groups excluding carboxylic acids is 1. The number of carbonyl (C=O) groups is 1. The number of nitrogens with one attached hydrogen (secondary N) is 1. The molecule has 0 saturated heterocycles. The number of aromatic nitrogens is 2. The third-order valence-corrected chi connectivity index (χ3v) is 5.03. The molecule has 3 heterocycles. The van der Waals surface area contributed by atoms with E-state index in [9.17, 15) is 4.79 Å². The summed E-state index contributed by atoms with van der Waals surface area (Å²) in [5, 5.41) is 4.28. The van der Waals surface area contributed by atoms with Crippen molar-refractivity contribution >= 4 is 27.3 Å². The molecule has 1 amide bonds. The molecule has 0 spiro atoms. The molecule has 5 heteroatoms. The number of thiophene rings is 1. The highest BCUT2D eigenvalue weighted by Crippen LogP contribution is 2.25. The fourth-order valence-electron chi connectivity index (χ4n) is 2.83. The number of rotatable bonds is 2. The second-order valence-corrected chi connectivity index (χ2v) is 6.44. The molecule has 3 aromatic rings. The van der Waals surface area contributed by atoms with Crippen molar-refractivity contribution in [3.63, 3.8) is 0 Å². The van der Waals surface area contributed by atoms with Crippen molar-refractivity contribution < 1.29 is 4.79 Å². The maximum absolute atomic E-state index is 12.4. The summed E-state index contributed by atoms with van der Waals surface area (Å²) in [5.74, 6) is 1.15. The molecule has 1 aliphatic rings. The van der Waals surface area contributed by atoms with Crippen molar-refractivity contribution in [2.24, 2.45) is 0 Å². The first-order valence-electron chi connectivity index (χ1n) is 7.09. The van der Waals surface area contributed by atoms with Crippen LogP contribution >= 0.6 is 11.3 Å². The smallest absolute Gasteiger partial charge is 0.261 e. The van der Waals surface area contributed by atoms with E-state index in [1.807, 2.05) is 36.7 Å². The molecule has 2 aromatic heterocycles. The van der Waals surface area contributed by atoms with Crippen LogP contribution in [0.2, 0.25) is 0 Å². The average molecular weight is 297 g/mol. The second kappa shape index (κ2) is 5.00. The van der Waals surface area contributed by atoms with Crippen molar-refractivity contribution in [2.45, 2.75) is 25.4 Å². The van der Waals surface area contributed by atoms with E-state index in [0.29, 0.717) is 0 Å². The summed E-state index contributed by atoms with van der Waals surface area (Å²) in [6.07, 6.45) is 5.68. The Labute approximate surface area is 126 Å². The maximum Gasteiger partial charge on any atom is 0.261 e. The predicted molar refractivity (Wildman–Crippen MR) is 83.6 cm³/mol. The molecule has 1 aromatic carbocycles. The van der Waals surface area contributed by atoms with Gasteiger partial charge in [0.1, 0.15) is 5.82 Å². The van der Waals surface area contributed by atoms with Gasteiger partial charge in [-0.2, -0.15) is 0 Å². The fraction of sp³-hybridized carbons (Fsp3) is 0.250. The van der Waals surface area contributed by atoms with Gasteiger partial charge in [-0.25, -0.2) is 4.98 Å². The van der Waals surface area contributed by atoms with Gasteiger partial charge >= 0.3 is 0 Å². The van der Waals surface area contributed by atoms with Crippen molar-refractivity contribution in [2.75, 3.05) is 0 Å². The zero-order valence-electron chi connectivity index (χ0n) is 11.5. The first-order valence-corrected chi connectivity index (χ1v) is 7.91. The molecule has 4 nitrogen and oxygen atoms in total. The minimum Gasteiger partial charge on any atom is -0.347 e. The van der Waals surface area contributed by atoms with E-state index < -0.39 is 0 Å². The SMILES string of the molecule is O=C(N[C@@H]1CCc2nccn2C1)c1cc2ccccc2s1. The Morgan fingerprint density at radius 3 is 3.19 bits per heavy atom. The molecule has 0 radical (unpaired) electrons. The maximum atomic E-state index is 12.4. The van der Waals surface area contributed by atoms with Crippen LogP contribution < -0.4 is 5.32 Å². The van der Waals surface area contributed by atoms with Gasteiger partial charge in [0, 0.05) is 36.1 Å². The Morgan fingerprint density at radius 1 is 1.38 bits per heavy atom. The standard InChI is InChI=1S/C16H15N3OS/c20-16(14-9-11-3-1-2-4-13(11)21-14)18-12-5-6-15-17-7-8-19(15)10-12/h1-4,7-9,12H,5-6,10H2,(H,18,20)/t12-/m1/s1. The monoisotopic (exact) mass is 297 g/mol. The first kappa shape index (κ1) is 12.6. The number of aryl methyl sites for hydroxylation is 1. The van der Waals surface area contributed by atoms with Gasteiger partial charge in [-0.1, -0.05) is 18.2 Å². The number of benzene rings is 1. The molecule has 1 atom stereocenters. The van der Waals surface area contributed by atoms with Crippen molar-refractivity contribution in [1.82, 2.24) is 14.9 Å². The molecule has 0 fully saturated rings. The van der Waals surface area contributed by atoms with Crippen molar-refractivity contribution in [1.29, 1.82) is 0 Å². The lowest BCUT2D eigenvalue weighted by atomic mass is 10.1. The Bertz CT molecular complexity index is 772. The summed E-state index contributed by atoms with van der Waals surface area (Å²) in [4.78, 5) is 17.5. The van der Waals surface area contributed by atoms with E-state index in [1.165, 1.54) is 0 Å². The van der Waals surface area contributed by atoms with Gasteiger partial charge in [0.05, 0.1) is 4.88 Å². The molecule has 4 rings (SSSR count). The lowest BCUT2D eigenvalue weighted by Crippen LogP contribution is -2.40. The summed E-state index contributed by atoms with van der Waals surface area (Å²) in [5.41, 5.74) is 0. The fourth-order valence-corrected chi connectivity index (χ4v) is 3.80. The van der Waals surface area contributed by atoms with Crippen LogP contribution in [0.5, 0.6) is 0 Å². The van der Waals surface area contributed by atoms with Crippen LogP contribution in [0.1, 0.15) is 21.9 Å². The van der Waals surface area contributed by atoms with Crippen LogP contribution in [0.15, 0.2) is 42.7 Å². The number of hydrogen-bond acceptors (Lipinski definition) is 3. The number of amides is 1. The van der Waals surface area contributed by atoms with Gasteiger partial charge in [0.2, 0.25) is 0 Å². The van der Waals surface area contributed by atoms with Crippen LogP contribution in [-0.4, -0.2) is 21.5 Å². The summed E-state index contributed by atoms with van der Waals surface area (Å²) in [6, 6.07) is 10.3. The number of fused-ring (bicyclic) bond motifs is 2. The normalized spacial score (nSPS) is 17.6. The highest BCUT2D eigenvalue weighted by atomic mass is 32.1. The van der Waals surface area contributed by atoms with E-state index in [0.717, 1.165) is 40.2 Å². The van der Waals surface area contributed by atoms with Crippen LogP contribution in [-0.2, 0) is 13.0 Å². The molecular weight excluding hydrogens is 282 g/mol. The third-order valence-electron chi connectivity index (χ3n) is 3.92. The van der Waals surface area contributed by atoms with Gasteiger partial charge in [0.15, 0.2) is 0 Å². The minimum atomic E-state index is 0.0322. The zero-order chi connectivity index (χ0) is 14.2. The van der Waals surface area contributed by atoms with E-state index in [2.05, 4.69) is 20.9 Å². The average Bonchev–Trinajstić information content (AvgIpc) is 3.13. The zero-order valence-corrected chi connectivity index (χ0v) is 12.3. The predicted octanol–water partition coefficient (Wildman–Crippen LogP) is 2.84. The van der Waals surface area contributed by atoms with Crippen molar-refractivity contribution in [3.05, 3.63) is 53.4 Å². The summed E-state index contributed by atoms with van der Waals surface area (Å²) in [7, 11) is 0. The Kier molecular flexibility index (Phi) is 3.00. The topological polar surface area (TPSA) is 46.9 Å². The molecule has 21 heavy (non-hydrogen) atoms. The summed E-state index contributed by atoms with van der Waals surface area (Å²) in [6.45, 7) is 0.811. The van der Waals surface area contributed by atoms with Gasteiger partial charge in [-0.3, -0.25) is 4.79 Å². The first-order chi connectivity index (χ1) is 10.3. The molecule has 0 saturated carbocycles. The number of hydrogen-bond donors (Lipinski definition) is 1. The van der Waals surface area contributed by atoms with E-state index in [1.54, 1.807) is 11.3 Å². The number of nitrogens with zero attached hydrogens (tertiary/aromatic N) is 2. The van der Waals surface area contributed by atoms with Crippen LogP contribution in [0, 0.1) is 0 Å². The molecule has 106 valence electrons. The van der Waals surface area contributed by atoms with Crippen LogP contribution in [0.3, 0.4) is 0 Å². The highest BCUT2D eigenvalue weighted by molar-refractivity contribution is 7.20. The Morgan fingerprint density at radius 2 is 2.29 bits per heavy atom. The lowest BCUT2D eigenvalue weighted by molar-refractivity contribution is 0.0932.